The lowest BCUT2D eigenvalue weighted by molar-refractivity contribution is 0.0839. The number of hydrogen-bond acceptors (Lipinski definition) is 12. The van der Waals surface area contributed by atoms with E-state index >= 15 is 0 Å². The molecule has 2 aromatic rings. The molecule has 68 heavy (non-hydrogen) atoms. The number of piperidine rings is 4. The molecule has 6 rings (SSSR count). The van der Waals surface area contributed by atoms with Crippen LogP contribution in [0, 0.1) is 0 Å². The monoisotopic (exact) mass is 946 g/mol. The average molecular weight is 947 g/mol. The summed E-state index contributed by atoms with van der Waals surface area (Å²) in [5.74, 6) is -1.80. The van der Waals surface area contributed by atoms with Crippen LogP contribution < -0.4 is 21.3 Å². The van der Waals surface area contributed by atoms with Crippen LogP contribution in [-0.4, -0.2) is 171 Å². The Morgan fingerprint density at radius 2 is 0.559 bits per heavy atom. The van der Waals surface area contributed by atoms with Crippen molar-refractivity contribution in [1.82, 2.24) is 40.9 Å². The molecule has 0 aromatic heterocycles. The van der Waals surface area contributed by atoms with Crippen molar-refractivity contribution in [2.75, 3.05) is 78.8 Å². The highest BCUT2D eigenvalue weighted by atomic mass is 16.6. The topological polar surface area (TPSA) is 235 Å². The van der Waals surface area contributed by atoms with E-state index in [2.05, 4.69) is 21.3 Å². The number of rotatable bonds is 13. The number of nitrogens with one attached hydrogen (secondary N) is 4. The van der Waals surface area contributed by atoms with Crippen LogP contribution in [0.15, 0.2) is 36.4 Å². The Bertz CT molecular complexity index is 1850. The molecule has 4 saturated heterocycles. The molecule has 4 N–H and O–H groups in total. The van der Waals surface area contributed by atoms with Crippen molar-refractivity contribution in [1.29, 1.82) is 0 Å². The van der Waals surface area contributed by atoms with Gasteiger partial charge in [0, 0.05) is 98.8 Å². The SMILES string of the molecule is CCOC(=O)N1CCC(NC(=O)c2cc(C(=O)NC3CCN(C(=O)OCC)CC3)cc(-c3cc(C(=O)NC4CCN(C(=O)OCC)CC4)cc(C(=O)NC4CCN(C(=O)OCC)CC4)c3)c2)CC1. The summed E-state index contributed by atoms with van der Waals surface area (Å²) in [7, 11) is 0. The van der Waals surface area contributed by atoms with Crippen molar-refractivity contribution in [2.45, 2.75) is 103 Å². The summed E-state index contributed by atoms with van der Waals surface area (Å²) in [5, 5.41) is 12.3. The molecular formula is C48H66N8O12. The summed E-state index contributed by atoms with van der Waals surface area (Å²) in [6, 6.07) is 8.40. The molecule has 4 aliphatic heterocycles. The molecule has 4 aliphatic rings. The van der Waals surface area contributed by atoms with Crippen LogP contribution in [0.3, 0.4) is 0 Å². The van der Waals surface area contributed by atoms with Crippen LogP contribution in [-0.2, 0) is 18.9 Å². The standard InChI is InChI=1S/C48H66N8O12/c1-5-65-45(61)53-17-9-37(10-18-53)49-41(57)33-25-31(26-34(29-33)42(58)50-38-11-19-54(20-12-38)46(62)66-6-2)32-27-35(43(59)51-39-13-21-55(22-14-39)47(63)67-7-3)30-36(28-32)44(60)52-40-15-23-56(24-16-40)48(64)68-8-4/h25-30,37-40H,5-24H2,1-4H3,(H,49,57)(H,50,58)(H,51,59)(H,52,60). The third kappa shape index (κ3) is 13.7. The van der Waals surface area contributed by atoms with E-state index in [0.717, 1.165) is 0 Å². The molecule has 8 amide bonds. The minimum absolute atomic E-state index is 0.167. The Kier molecular flexibility index (Phi) is 18.3. The van der Waals surface area contributed by atoms with E-state index in [-0.39, 0.29) is 72.8 Å². The number of carbonyl (C=O) groups excluding carboxylic acids is 8. The molecule has 0 unspecified atom stereocenters. The first-order valence-corrected chi connectivity index (χ1v) is 24.0. The zero-order valence-electron chi connectivity index (χ0n) is 39.6. The fourth-order valence-electron chi connectivity index (χ4n) is 8.87. The first-order chi connectivity index (χ1) is 32.8. The van der Waals surface area contributed by atoms with Gasteiger partial charge in [0.15, 0.2) is 0 Å². The van der Waals surface area contributed by atoms with Gasteiger partial charge in [0.2, 0.25) is 0 Å². The zero-order valence-corrected chi connectivity index (χ0v) is 39.6. The molecule has 2 aromatic carbocycles. The minimum atomic E-state index is -0.451. The maximum absolute atomic E-state index is 14.1. The molecule has 0 bridgehead atoms. The molecule has 0 atom stereocenters. The number of benzene rings is 2. The van der Waals surface area contributed by atoms with Gasteiger partial charge in [-0.3, -0.25) is 19.2 Å². The van der Waals surface area contributed by atoms with E-state index in [1.807, 2.05) is 0 Å². The van der Waals surface area contributed by atoms with Crippen molar-refractivity contribution in [2.24, 2.45) is 0 Å². The Morgan fingerprint density at radius 1 is 0.368 bits per heavy atom. The highest BCUT2D eigenvalue weighted by Gasteiger charge is 2.30. The molecule has 370 valence electrons. The predicted octanol–water partition coefficient (Wildman–Crippen LogP) is 4.76. The van der Waals surface area contributed by atoms with Gasteiger partial charge in [-0.05, 0) is 127 Å². The van der Waals surface area contributed by atoms with Crippen molar-refractivity contribution in [3.05, 3.63) is 58.7 Å². The van der Waals surface area contributed by atoms with Gasteiger partial charge in [-0.1, -0.05) is 0 Å². The van der Waals surface area contributed by atoms with E-state index in [1.54, 1.807) is 71.6 Å². The lowest BCUT2D eigenvalue weighted by atomic mass is 9.94. The van der Waals surface area contributed by atoms with Gasteiger partial charge in [0.05, 0.1) is 26.4 Å². The second kappa shape index (κ2) is 24.4. The zero-order chi connectivity index (χ0) is 48.7. The van der Waals surface area contributed by atoms with Crippen molar-refractivity contribution < 1.29 is 57.3 Å². The molecule has 0 spiro atoms. The van der Waals surface area contributed by atoms with Crippen LogP contribution in [0.2, 0.25) is 0 Å². The van der Waals surface area contributed by atoms with Crippen LogP contribution in [0.5, 0.6) is 0 Å². The average Bonchev–Trinajstić information content (AvgIpc) is 3.34. The van der Waals surface area contributed by atoms with Gasteiger partial charge in [0.1, 0.15) is 0 Å². The normalized spacial score (nSPS) is 17.4. The first kappa shape index (κ1) is 50.8. The smallest absolute Gasteiger partial charge is 0.409 e. The van der Waals surface area contributed by atoms with Gasteiger partial charge in [-0.15, -0.1) is 0 Å². The maximum atomic E-state index is 14.1. The van der Waals surface area contributed by atoms with Crippen molar-refractivity contribution >= 4 is 48.0 Å². The van der Waals surface area contributed by atoms with E-state index in [9.17, 15) is 38.4 Å². The fraction of sp³-hybridized carbons (Fsp3) is 0.583. The summed E-state index contributed by atoms with van der Waals surface area (Å²) < 4.78 is 20.6. The van der Waals surface area contributed by atoms with Gasteiger partial charge in [-0.25, -0.2) is 19.2 Å². The largest absolute Gasteiger partial charge is 0.450 e. The molecule has 4 heterocycles. The molecule has 0 aliphatic carbocycles. The second-order valence-corrected chi connectivity index (χ2v) is 17.3. The van der Waals surface area contributed by atoms with Gasteiger partial charge in [0.25, 0.3) is 23.6 Å². The number of nitrogens with zero attached hydrogens (tertiary/aromatic N) is 4. The summed E-state index contributed by atoms with van der Waals surface area (Å²) in [5.41, 5.74) is 1.46. The Labute approximate surface area is 397 Å². The van der Waals surface area contributed by atoms with Crippen LogP contribution in [0.4, 0.5) is 19.2 Å². The van der Waals surface area contributed by atoms with Crippen molar-refractivity contribution in [3.8, 4) is 11.1 Å². The summed E-state index contributed by atoms with van der Waals surface area (Å²) in [4.78, 5) is 112. The van der Waals surface area contributed by atoms with E-state index in [4.69, 9.17) is 18.9 Å². The molecule has 4 fully saturated rings. The van der Waals surface area contributed by atoms with Gasteiger partial charge < -0.3 is 59.8 Å². The highest BCUT2D eigenvalue weighted by Crippen LogP contribution is 2.28. The third-order valence-electron chi connectivity index (χ3n) is 12.7. The van der Waals surface area contributed by atoms with Gasteiger partial charge >= 0.3 is 24.4 Å². The molecular weight excluding hydrogens is 881 g/mol. The first-order valence-electron chi connectivity index (χ1n) is 24.0. The van der Waals surface area contributed by atoms with Crippen LogP contribution in [0.1, 0.15) is 120 Å². The molecule has 20 heteroatoms. The quantitative estimate of drug-likeness (QED) is 0.199. The number of ether oxygens (including phenoxy) is 4. The van der Waals surface area contributed by atoms with Crippen LogP contribution in [0.25, 0.3) is 11.1 Å². The number of likely N-dealkylation sites (tertiary alicyclic amines) is 4. The molecule has 0 saturated carbocycles. The predicted molar refractivity (Wildman–Crippen MR) is 248 cm³/mol. The van der Waals surface area contributed by atoms with E-state index in [0.29, 0.717) is 115 Å². The van der Waals surface area contributed by atoms with Gasteiger partial charge in [-0.2, -0.15) is 0 Å². The molecule has 20 nitrogen and oxygen atoms in total. The Hall–Kier alpha value is -6.60. The summed E-state index contributed by atoms with van der Waals surface area (Å²) in [6.45, 7) is 11.1. The Balaban J connectivity index is 1.29. The second-order valence-electron chi connectivity index (χ2n) is 17.3. The van der Waals surface area contributed by atoms with E-state index in [1.165, 1.54) is 12.1 Å². The lowest BCUT2D eigenvalue weighted by Crippen LogP contribution is -2.47. The summed E-state index contributed by atoms with van der Waals surface area (Å²) >= 11 is 0. The third-order valence-corrected chi connectivity index (χ3v) is 12.7. The number of amides is 8. The summed E-state index contributed by atoms with van der Waals surface area (Å²) in [6.07, 6.45) is 2.27. The fourth-order valence-corrected chi connectivity index (χ4v) is 8.87. The lowest BCUT2D eigenvalue weighted by Gasteiger charge is -2.32. The highest BCUT2D eigenvalue weighted by molar-refractivity contribution is 6.04. The number of carbonyl (C=O) groups is 8. The maximum Gasteiger partial charge on any atom is 0.409 e. The minimum Gasteiger partial charge on any atom is -0.450 e. The van der Waals surface area contributed by atoms with Crippen LogP contribution >= 0.6 is 0 Å². The Morgan fingerprint density at radius 3 is 0.735 bits per heavy atom. The van der Waals surface area contributed by atoms with E-state index < -0.39 is 48.0 Å². The molecule has 0 radical (unpaired) electrons. The van der Waals surface area contributed by atoms with Crippen molar-refractivity contribution in [3.63, 3.8) is 0 Å². The number of hydrogen-bond donors (Lipinski definition) is 4.